The number of piperazine rings is 1. The van der Waals surface area contributed by atoms with E-state index in [1.807, 2.05) is 0 Å². The molecule has 1 radical (unpaired) electrons. The zero-order chi connectivity index (χ0) is 5.98. The highest BCUT2D eigenvalue weighted by Crippen LogP contribution is 1.98. The third-order valence-corrected chi connectivity index (χ3v) is 1.69. The Balaban J connectivity index is 2.28. The van der Waals surface area contributed by atoms with Crippen LogP contribution in [0.4, 0.5) is 0 Å². The molecule has 2 heteroatoms. The van der Waals surface area contributed by atoms with Crippen molar-refractivity contribution in [2.75, 3.05) is 20.1 Å². The van der Waals surface area contributed by atoms with Crippen molar-refractivity contribution < 1.29 is 0 Å². The van der Waals surface area contributed by atoms with Crippen LogP contribution in [0.25, 0.3) is 0 Å². The second-order valence-electron chi connectivity index (χ2n) is 2.40. The van der Waals surface area contributed by atoms with E-state index in [0.29, 0.717) is 6.04 Å². The lowest BCUT2D eigenvalue weighted by atomic mass is 10.2. The summed E-state index contributed by atoms with van der Waals surface area (Å²) in [5, 5.41) is 3.20. The van der Waals surface area contributed by atoms with E-state index in [-0.39, 0.29) is 0 Å². The van der Waals surface area contributed by atoms with Gasteiger partial charge in [-0.1, -0.05) is 0 Å². The SMILES string of the molecule is CC1CN[CH]CN1C. The van der Waals surface area contributed by atoms with Crippen LogP contribution in [0.3, 0.4) is 0 Å². The van der Waals surface area contributed by atoms with Crippen molar-refractivity contribution in [2.24, 2.45) is 0 Å². The predicted octanol–water partition coefficient (Wildman–Crippen LogP) is 0.0717. The van der Waals surface area contributed by atoms with Gasteiger partial charge < -0.3 is 10.2 Å². The molecule has 1 heterocycles. The number of nitrogens with zero attached hydrogens (tertiary/aromatic N) is 1. The van der Waals surface area contributed by atoms with Gasteiger partial charge in [0.25, 0.3) is 0 Å². The zero-order valence-corrected chi connectivity index (χ0v) is 5.52. The molecular weight excluding hydrogens is 100 g/mol. The molecule has 0 aromatic carbocycles. The molecule has 0 amide bonds. The molecule has 1 fully saturated rings. The lowest BCUT2D eigenvalue weighted by Crippen LogP contribution is -2.44. The van der Waals surface area contributed by atoms with E-state index >= 15 is 0 Å². The highest BCUT2D eigenvalue weighted by Gasteiger charge is 2.11. The molecule has 0 aliphatic carbocycles. The first-order valence-corrected chi connectivity index (χ1v) is 3.06. The molecule has 1 aliphatic heterocycles. The molecule has 0 spiro atoms. The molecule has 0 aromatic heterocycles. The third kappa shape index (κ3) is 1.20. The Kier molecular flexibility index (Phi) is 1.86. The average molecular weight is 113 g/mol. The van der Waals surface area contributed by atoms with Gasteiger partial charge in [0.1, 0.15) is 0 Å². The number of nitrogens with one attached hydrogen (secondary N) is 1. The largest absolute Gasteiger partial charge is 0.310 e. The van der Waals surface area contributed by atoms with Gasteiger partial charge in [0.2, 0.25) is 0 Å². The van der Waals surface area contributed by atoms with E-state index in [4.69, 9.17) is 0 Å². The second kappa shape index (κ2) is 2.46. The summed E-state index contributed by atoms with van der Waals surface area (Å²) in [5.74, 6) is 0. The Bertz CT molecular complexity index is 62.9. The van der Waals surface area contributed by atoms with Crippen molar-refractivity contribution in [3.8, 4) is 0 Å². The van der Waals surface area contributed by atoms with Gasteiger partial charge in [0.15, 0.2) is 0 Å². The molecule has 1 atom stereocenters. The quantitative estimate of drug-likeness (QED) is 0.478. The Hall–Kier alpha value is -0.0800. The van der Waals surface area contributed by atoms with Gasteiger partial charge in [-0.15, -0.1) is 0 Å². The molecule has 8 heavy (non-hydrogen) atoms. The molecule has 1 rings (SSSR count). The molecule has 1 saturated heterocycles. The molecule has 1 unspecified atom stereocenters. The Morgan fingerprint density at radius 2 is 2.50 bits per heavy atom. The molecule has 47 valence electrons. The normalized spacial score (nSPS) is 33.0. The smallest absolute Gasteiger partial charge is 0.0362 e. The second-order valence-corrected chi connectivity index (χ2v) is 2.40. The highest BCUT2D eigenvalue weighted by atomic mass is 15.2. The van der Waals surface area contributed by atoms with Gasteiger partial charge in [-0.25, -0.2) is 0 Å². The van der Waals surface area contributed by atoms with Crippen LogP contribution in [0.5, 0.6) is 0 Å². The molecule has 0 saturated carbocycles. The first kappa shape index (κ1) is 6.05. The minimum Gasteiger partial charge on any atom is -0.310 e. The van der Waals surface area contributed by atoms with Crippen LogP contribution < -0.4 is 5.32 Å². The zero-order valence-electron chi connectivity index (χ0n) is 5.52. The van der Waals surface area contributed by atoms with Crippen LogP contribution in [-0.4, -0.2) is 31.1 Å². The lowest BCUT2D eigenvalue weighted by molar-refractivity contribution is 0.237. The Morgan fingerprint density at radius 3 is 2.88 bits per heavy atom. The number of likely N-dealkylation sites (N-methyl/N-ethyl adjacent to an activating group) is 1. The summed E-state index contributed by atoms with van der Waals surface area (Å²) in [6.07, 6.45) is 0. The minimum absolute atomic E-state index is 0.694. The van der Waals surface area contributed by atoms with Crippen LogP contribution in [0, 0.1) is 6.54 Å². The fourth-order valence-corrected chi connectivity index (χ4v) is 0.798. The van der Waals surface area contributed by atoms with E-state index in [2.05, 4.69) is 30.7 Å². The van der Waals surface area contributed by atoms with Gasteiger partial charge in [-0.05, 0) is 14.0 Å². The standard InChI is InChI=1S/C6H13N2/c1-6-5-7-3-4-8(6)2/h3,6-7H,4-5H2,1-2H3. The summed E-state index contributed by atoms with van der Waals surface area (Å²) < 4.78 is 0. The van der Waals surface area contributed by atoms with Gasteiger partial charge in [-0.3, -0.25) is 0 Å². The number of rotatable bonds is 0. The van der Waals surface area contributed by atoms with Crippen molar-refractivity contribution in [3.05, 3.63) is 6.54 Å². The third-order valence-electron chi connectivity index (χ3n) is 1.69. The summed E-state index contributed by atoms with van der Waals surface area (Å²) in [5.41, 5.74) is 0. The Morgan fingerprint density at radius 1 is 1.75 bits per heavy atom. The summed E-state index contributed by atoms with van der Waals surface area (Å²) in [6, 6.07) is 0.694. The monoisotopic (exact) mass is 113 g/mol. The van der Waals surface area contributed by atoms with Crippen molar-refractivity contribution in [1.29, 1.82) is 0 Å². The Labute approximate surface area is 50.9 Å². The van der Waals surface area contributed by atoms with Crippen molar-refractivity contribution >= 4 is 0 Å². The van der Waals surface area contributed by atoms with Crippen molar-refractivity contribution in [1.82, 2.24) is 10.2 Å². The maximum atomic E-state index is 3.20. The van der Waals surface area contributed by atoms with E-state index in [1.54, 1.807) is 0 Å². The molecule has 1 N–H and O–H groups in total. The summed E-state index contributed by atoms with van der Waals surface area (Å²) in [4.78, 5) is 2.32. The van der Waals surface area contributed by atoms with E-state index < -0.39 is 0 Å². The first-order chi connectivity index (χ1) is 3.80. The van der Waals surface area contributed by atoms with E-state index in [9.17, 15) is 0 Å². The lowest BCUT2D eigenvalue weighted by Gasteiger charge is -2.29. The molecular formula is C6H13N2. The molecule has 1 aliphatic rings. The van der Waals surface area contributed by atoms with E-state index in [1.165, 1.54) is 0 Å². The fraction of sp³-hybridized carbons (Fsp3) is 0.833. The van der Waals surface area contributed by atoms with Gasteiger partial charge in [-0.2, -0.15) is 0 Å². The van der Waals surface area contributed by atoms with Crippen LogP contribution in [0.15, 0.2) is 0 Å². The van der Waals surface area contributed by atoms with Crippen LogP contribution >= 0.6 is 0 Å². The molecule has 0 bridgehead atoms. The summed E-state index contributed by atoms with van der Waals surface area (Å²) >= 11 is 0. The van der Waals surface area contributed by atoms with Gasteiger partial charge in [0.05, 0.1) is 0 Å². The maximum absolute atomic E-state index is 3.20. The highest BCUT2D eigenvalue weighted by molar-refractivity contribution is 4.79. The van der Waals surface area contributed by atoms with Crippen molar-refractivity contribution in [3.63, 3.8) is 0 Å². The fourth-order valence-electron chi connectivity index (χ4n) is 0.798. The molecule has 0 aromatic rings. The number of hydrogen-bond acceptors (Lipinski definition) is 2. The summed E-state index contributed by atoms with van der Waals surface area (Å²) in [6.45, 7) is 6.48. The van der Waals surface area contributed by atoms with Gasteiger partial charge in [0, 0.05) is 25.7 Å². The topological polar surface area (TPSA) is 15.3 Å². The first-order valence-electron chi connectivity index (χ1n) is 3.06. The number of hydrogen-bond donors (Lipinski definition) is 1. The van der Waals surface area contributed by atoms with E-state index in [0.717, 1.165) is 13.1 Å². The van der Waals surface area contributed by atoms with Crippen LogP contribution in [0.1, 0.15) is 6.92 Å². The minimum atomic E-state index is 0.694. The van der Waals surface area contributed by atoms with Crippen molar-refractivity contribution in [2.45, 2.75) is 13.0 Å². The summed E-state index contributed by atoms with van der Waals surface area (Å²) in [7, 11) is 2.14. The maximum Gasteiger partial charge on any atom is 0.0362 e. The molecule has 2 nitrogen and oxygen atoms in total. The van der Waals surface area contributed by atoms with Crippen LogP contribution in [0.2, 0.25) is 0 Å². The van der Waals surface area contributed by atoms with Crippen LogP contribution in [-0.2, 0) is 0 Å². The average Bonchev–Trinajstić information content (AvgIpc) is 1.77. The van der Waals surface area contributed by atoms with Gasteiger partial charge >= 0.3 is 0 Å². The predicted molar refractivity (Wildman–Crippen MR) is 34.4 cm³/mol.